The molecule has 3 aromatic rings. The highest BCUT2D eigenvalue weighted by Crippen LogP contribution is 2.43. The summed E-state index contributed by atoms with van der Waals surface area (Å²) < 4.78 is 35.4. The normalized spacial score (nSPS) is 24.2. The molecule has 0 amide bonds. The van der Waals surface area contributed by atoms with E-state index in [9.17, 15) is 8.78 Å². The monoisotopic (exact) mass is 442 g/mol. The zero-order valence-electron chi connectivity index (χ0n) is 18.7. The van der Waals surface area contributed by atoms with Crippen molar-refractivity contribution in [2.24, 2.45) is 7.05 Å². The number of fused-ring (bicyclic) bond motifs is 1. The van der Waals surface area contributed by atoms with Crippen LogP contribution in [0.15, 0.2) is 12.4 Å². The zero-order chi connectivity index (χ0) is 22.5. The summed E-state index contributed by atoms with van der Waals surface area (Å²) in [5, 5.41) is 4.26. The fraction of sp³-hybridized carbons (Fsp3) is 0.609. The van der Waals surface area contributed by atoms with E-state index in [1.165, 1.54) is 0 Å². The van der Waals surface area contributed by atoms with Gasteiger partial charge in [-0.3, -0.25) is 4.68 Å². The summed E-state index contributed by atoms with van der Waals surface area (Å²) in [6.45, 7) is 4.43. The second kappa shape index (κ2) is 8.10. The molecular formula is C23H28F2N6O. The van der Waals surface area contributed by atoms with Crippen molar-refractivity contribution in [3.05, 3.63) is 40.9 Å². The van der Waals surface area contributed by atoms with E-state index in [2.05, 4.69) is 10.1 Å². The summed E-state index contributed by atoms with van der Waals surface area (Å²) >= 11 is 0. The standard InChI is InChI=1S/C23H28F2N6O/c1-13-14(2)28-22-20(27-13)19(15-4-7-23(24,25)8-5-15)29-21(30-22)16-6-9-32-18(10-16)17-11-26-31(3)12-17/h11-12,15-16,18H,4-10H2,1-3H3/t16-,18+/m1/s1. The second-order valence-corrected chi connectivity index (χ2v) is 9.19. The molecule has 32 heavy (non-hydrogen) atoms. The Hall–Kier alpha value is -2.55. The summed E-state index contributed by atoms with van der Waals surface area (Å²) in [6.07, 6.45) is 5.87. The van der Waals surface area contributed by atoms with Crippen LogP contribution in [0.2, 0.25) is 0 Å². The van der Waals surface area contributed by atoms with Crippen LogP contribution in [0.25, 0.3) is 11.2 Å². The third-order valence-corrected chi connectivity index (χ3v) is 6.84. The summed E-state index contributed by atoms with van der Waals surface area (Å²) in [5.74, 6) is -1.81. The molecule has 0 spiro atoms. The van der Waals surface area contributed by atoms with Crippen LogP contribution in [0.5, 0.6) is 0 Å². The average Bonchev–Trinajstić information content (AvgIpc) is 3.21. The number of ether oxygens (including phenoxy) is 1. The first-order valence-corrected chi connectivity index (χ1v) is 11.3. The van der Waals surface area contributed by atoms with E-state index in [0.717, 1.165) is 41.3 Å². The zero-order valence-corrected chi connectivity index (χ0v) is 18.7. The van der Waals surface area contributed by atoms with Crippen molar-refractivity contribution in [2.45, 2.75) is 76.2 Å². The number of rotatable bonds is 3. The van der Waals surface area contributed by atoms with Crippen LogP contribution in [0.3, 0.4) is 0 Å². The molecule has 5 rings (SSSR count). The molecule has 1 aliphatic carbocycles. The number of hydrogen-bond donors (Lipinski definition) is 0. The molecule has 1 aliphatic heterocycles. The molecule has 0 radical (unpaired) electrons. The van der Waals surface area contributed by atoms with Crippen LogP contribution in [-0.2, 0) is 11.8 Å². The van der Waals surface area contributed by atoms with Gasteiger partial charge in [0.05, 0.1) is 29.4 Å². The molecule has 3 aromatic heterocycles. The minimum atomic E-state index is -2.59. The first kappa shape index (κ1) is 21.3. The SMILES string of the molecule is Cc1nc2nc([C@@H]3CCO[C@H](c4cnn(C)c4)C3)nc(C3CCC(F)(F)CC3)c2nc1C. The van der Waals surface area contributed by atoms with Crippen molar-refractivity contribution in [2.75, 3.05) is 6.61 Å². The van der Waals surface area contributed by atoms with Gasteiger partial charge in [-0.1, -0.05) is 0 Å². The van der Waals surface area contributed by atoms with E-state index in [-0.39, 0.29) is 30.8 Å². The molecule has 1 saturated carbocycles. The highest BCUT2D eigenvalue weighted by atomic mass is 19.3. The quantitative estimate of drug-likeness (QED) is 0.585. The molecule has 2 aliphatic rings. The summed E-state index contributed by atoms with van der Waals surface area (Å²) in [6, 6.07) is 0. The Balaban J connectivity index is 1.52. The van der Waals surface area contributed by atoms with E-state index >= 15 is 0 Å². The van der Waals surface area contributed by atoms with E-state index < -0.39 is 5.92 Å². The van der Waals surface area contributed by atoms with Crippen LogP contribution in [-0.4, -0.2) is 42.2 Å². The van der Waals surface area contributed by atoms with Crippen molar-refractivity contribution in [1.82, 2.24) is 29.7 Å². The third kappa shape index (κ3) is 4.10. The van der Waals surface area contributed by atoms with Crippen molar-refractivity contribution in [3.8, 4) is 0 Å². The fourth-order valence-electron chi connectivity index (χ4n) is 4.80. The summed E-state index contributed by atoms with van der Waals surface area (Å²) in [5.41, 5.74) is 4.68. The van der Waals surface area contributed by atoms with Crippen LogP contribution in [0, 0.1) is 13.8 Å². The maximum absolute atomic E-state index is 13.8. The number of aromatic nitrogens is 6. The predicted octanol–water partition coefficient (Wildman–Crippen LogP) is 4.70. The van der Waals surface area contributed by atoms with Gasteiger partial charge < -0.3 is 4.74 Å². The van der Waals surface area contributed by atoms with E-state index in [1.807, 2.05) is 33.3 Å². The lowest BCUT2D eigenvalue weighted by Crippen LogP contribution is -2.25. The Morgan fingerprint density at radius 3 is 2.47 bits per heavy atom. The Kier molecular flexibility index (Phi) is 5.39. The molecule has 4 heterocycles. The van der Waals surface area contributed by atoms with Gasteiger partial charge in [0.25, 0.3) is 0 Å². The van der Waals surface area contributed by atoms with Crippen LogP contribution >= 0.6 is 0 Å². The van der Waals surface area contributed by atoms with Gasteiger partial charge in [-0.05, 0) is 39.5 Å². The smallest absolute Gasteiger partial charge is 0.248 e. The molecule has 2 atom stereocenters. The number of alkyl halides is 2. The highest BCUT2D eigenvalue weighted by Gasteiger charge is 2.37. The van der Waals surface area contributed by atoms with Crippen LogP contribution < -0.4 is 0 Å². The molecule has 0 unspecified atom stereocenters. The molecule has 1 saturated heterocycles. The number of halogens is 2. The van der Waals surface area contributed by atoms with Gasteiger partial charge in [-0.25, -0.2) is 28.7 Å². The van der Waals surface area contributed by atoms with Gasteiger partial charge in [0.2, 0.25) is 5.92 Å². The highest BCUT2D eigenvalue weighted by molar-refractivity contribution is 5.73. The molecule has 2 fully saturated rings. The van der Waals surface area contributed by atoms with Crippen molar-refractivity contribution >= 4 is 11.2 Å². The lowest BCUT2D eigenvalue weighted by molar-refractivity contribution is -0.0384. The summed E-state index contributed by atoms with van der Waals surface area (Å²) in [7, 11) is 1.89. The Morgan fingerprint density at radius 2 is 1.75 bits per heavy atom. The number of aryl methyl sites for hydroxylation is 3. The Bertz CT molecular complexity index is 1140. The van der Waals surface area contributed by atoms with Gasteiger partial charge in [-0.2, -0.15) is 5.10 Å². The van der Waals surface area contributed by atoms with Crippen LogP contribution in [0.1, 0.15) is 84.9 Å². The molecular weight excluding hydrogens is 414 g/mol. The Labute approximate surface area is 185 Å². The molecule has 7 nitrogen and oxygen atoms in total. The fourth-order valence-corrected chi connectivity index (χ4v) is 4.80. The molecule has 0 bridgehead atoms. The number of nitrogens with zero attached hydrogens (tertiary/aromatic N) is 6. The largest absolute Gasteiger partial charge is 0.373 e. The van der Waals surface area contributed by atoms with E-state index in [0.29, 0.717) is 30.6 Å². The second-order valence-electron chi connectivity index (χ2n) is 9.19. The number of hydrogen-bond acceptors (Lipinski definition) is 6. The molecule has 0 aromatic carbocycles. The van der Waals surface area contributed by atoms with Crippen LogP contribution in [0.4, 0.5) is 8.78 Å². The minimum Gasteiger partial charge on any atom is -0.373 e. The van der Waals surface area contributed by atoms with Crippen molar-refractivity contribution in [3.63, 3.8) is 0 Å². The molecule has 170 valence electrons. The van der Waals surface area contributed by atoms with Gasteiger partial charge in [0.15, 0.2) is 5.65 Å². The van der Waals surface area contributed by atoms with Gasteiger partial charge in [0, 0.05) is 50.1 Å². The molecule has 9 heteroatoms. The minimum absolute atomic E-state index is 0.0516. The maximum Gasteiger partial charge on any atom is 0.248 e. The van der Waals surface area contributed by atoms with Gasteiger partial charge in [-0.15, -0.1) is 0 Å². The Morgan fingerprint density at radius 1 is 1.00 bits per heavy atom. The first-order valence-electron chi connectivity index (χ1n) is 11.3. The van der Waals surface area contributed by atoms with Gasteiger partial charge in [0.1, 0.15) is 11.3 Å². The van der Waals surface area contributed by atoms with E-state index in [1.54, 1.807) is 4.68 Å². The lowest BCUT2D eigenvalue weighted by Gasteiger charge is -2.30. The van der Waals surface area contributed by atoms with Crippen molar-refractivity contribution in [1.29, 1.82) is 0 Å². The van der Waals surface area contributed by atoms with E-state index in [4.69, 9.17) is 19.7 Å². The topological polar surface area (TPSA) is 78.6 Å². The van der Waals surface area contributed by atoms with Crippen molar-refractivity contribution < 1.29 is 13.5 Å². The third-order valence-electron chi connectivity index (χ3n) is 6.84. The average molecular weight is 443 g/mol. The summed E-state index contributed by atoms with van der Waals surface area (Å²) in [4.78, 5) is 19.2. The molecule has 0 N–H and O–H groups in total. The first-order chi connectivity index (χ1) is 15.3. The van der Waals surface area contributed by atoms with Gasteiger partial charge >= 0.3 is 0 Å². The maximum atomic E-state index is 13.8. The lowest BCUT2D eigenvalue weighted by atomic mass is 9.84. The predicted molar refractivity (Wildman–Crippen MR) is 115 cm³/mol.